The number of halogens is 1. The Labute approximate surface area is 175 Å². The Morgan fingerprint density at radius 2 is 2.03 bits per heavy atom. The molecule has 0 saturated heterocycles. The fourth-order valence-electron chi connectivity index (χ4n) is 2.62. The number of carbonyl (C=O) groups excluding carboxylic acids is 1. The summed E-state index contributed by atoms with van der Waals surface area (Å²) in [4.78, 5) is 22.6. The Balaban J connectivity index is 1.54. The average molecular weight is 433 g/mol. The predicted molar refractivity (Wildman–Crippen MR) is 110 cm³/mol. The van der Waals surface area contributed by atoms with E-state index in [1.807, 2.05) is 30.3 Å². The molecule has 0 aliphatic carbocycles. The summed E-state index contributed by atoms with van der Waals surface area (Å²) in [5.41, 5.74) is 0.975. The van der Waals surface area contributed by atoms with Crippen molar-refractivity contribution < 1.29 is 14.1 Å². The van der Waals surface area contributed by atoms with Crippen molar-refractivity contribution in [2.45, 2.75) is 24.5 Å². The normalized spacial score (nSPS) is 11.8. The van der Waals surface area contributed by atoms with Crippen LogP contribution in [0, 0.1) is 10.1 Å². The number of nitro benzene ring substituents is 1. The van der Waals surface area contributed by atoms with Crippen LogP contribution in [-0.2, 0) is 11.2 Å². The van der Waals surface area contributed by atoms with Crippen LogP contribution >= 0.6 is 23.4 Å². The molecule has 0 aliphatic rings. The van der Waals surface area contributed by atoms with Gasteiger partial charge in [0.05, 0.1) is 10.7 Å². The summed E-state index contributed by atoms with van der Waals surface area (Å²) >= 11 is 6.83. The molecule has 3 rings (SSSR count). The number of thioether (sulfide) groups is 1. The second-order valence-corrected chi connectivity index (χ2v) is 7.60. The van der Waals surface area contributed by atoms with Crippen LogP contribution in [0.1, 0.15) is 24.3 Å². The van der Waals surface area contributed by atoms with Gasteiger partial charge in [-0.1, -0.05) is 60.6 Å². The molecule has 0 spiro atoms. The number of anilines is 1. The van der Waals surface area contributed by atoms with Gasteiger partial charge in [0.15, 0.2) is 0 Å². The molecule has 0 bridgehead atoms. The average Bonchev–Trinajstić information content (AvgIpc) is 3.15. The van der Waals surface area contributed by atoms with Gasteiger partial charge in [0.25, 0.3) is 10.9 Å². The van der Waals surface area contributed by atoms with Crippen LogP contribution in [0.15, 0.2) is 58.2 Å². The highest BCUT2D eigenvalue weighted by molar-refractivity contribution is 7.99. The first-order valence-electron chi connectivity index (χ1n) is 8.66. The van der Waals surface area contributed by atoms with Gasteiger partial charge in [-0.25, -0.2) is 0 Å². The minimum atomic E-state index is -0.604. The van der Waals surface area contributed by atoms with E-state index in [1.165, 1.54) is 23.8 Å². The predicted octanol–water partition coefficient (Wildman–Crippen LogP) is 4.71. The Kier molecular flexibility index (Phi) is 6.84. The maximum atomic E-state index is 12.1. The maximum absolute atomic E-state index is 12.1. The van der Waals surface area contributed by atoms with E-state index in [0.29, 0.717) is 12.3 Å². The molecular weight excluding hydrogens is 416 g/mol. The molecule has 3 aromatic rings. The molecule has 1 unspecified atom stereocenters. The molecule has 1 amide bonds. The molecule has 8 nitrogen and oxygen atoms in total. The molecule has 2 aromatic carbocycles. The highest BCUT2D eigenvalue weighted by atomic mass is 35.5. The lowest BCUT2D eigenvalue weighted by molar-refractivity contribution is -0.383. The number of hydrogen-bond acceptors (Lipinski definition) is 7. The minimum absolute atomic E-state index is 0.0321. The van der Waals surface area contributed by atoms with Crippen LogP contribution in [0.5, 0.6) is 0 Å². The van der Waals surface area contributed by atoms with Gasteiger partial charge in [-0.3, -0.25) is 14.9 Å². The Morgan fingerprint density at radius 3 is 2.76 bits per heavy atom. The van der Waals surface area contributed by atoms with Crippen LogP contribution < -0.4 is 5.32 Å². The van der Waals surface area contributed by atoms with E-state index in [-0.39, 0.29) is 33.3 Å². The van der Waals surface area contributed by atoms with Crippen molar-refractivity contribution in [1.82, 2.24) is 10.2 Å². The van der Waals surface area contributed by atoms with Gasteiger partial charge in [-0.05, 0) is 23.6 Å². The highest BCUT2D eigenvalue weighted by Gasteiger charge is 2.18. The number of hydrogen-bond donors (Lipinski definition) is 1. The first-order chi connectivity index (χ1) is 13.9. The van der Waals surface area contributed by atoms with E-state index in [1.54, 1.807) is 0 Å². The van der Waals surface area contributed by atoms with E-state index in [4.69, 9.17) is 16.0 Å². The van der Waals surface area contributed by atoms with Gasteiger partial charge in [0.2, 0.25) is 11.8 Å². The van der Waals surface area contributed by atoms with Crippen LogP contribution in [0.4, 0.5) is 11.4 Å². The molecule has 150 valence electrons. The number of benzene rings is 2. The number of nitro groups is 1. The van der Waals surface area contributed by atoms with Crippen molar-refractivity contribution in [1.29, 1.82) is 0 Å². The van der Waals surface area contributed by atoms with Gasteiger partial charge < -0.3 is 9.73 Å². The lowest BCUT2D eigenvalue weighted by Gasteiger charge is -2.08. The fraction of sp³-hybridized carbons (Fsp3) is 0.211. The second-order valence-electron chi connectivity index (χ2n) is 6.23. The third-order valence-corrected chi connectivity index (χ3v) is 5.11. The van der Waals surface area contributed by atoms with Gasteiger partial charge in [-0.15, -0.1) is 10.2 Å². The summed E-state index contributed by atoms with van der Waals surface area (Å²) < 4.78 is 5.59. The van der Waals surface area contributed by atoms with Gasteiger partial charge in [-0.2, -0.15) is 0 Å². The first-order valence-corrected chi connectivity index (χ1v) is 10.0. The van der Waals surface area contributed by atoms with E-state index in [2.05, 4.69) is 22.4 Å². The van der Waals surface area contributed by atoms with Crippen LogP contribution in [0.3, 0.4) is 0 Å². The molecule has 1 N–H and O–H groups in total. The monoisotopic (exact) mass is 432 g/mol. The number of carbonyl (C=O) groups is 1. The number of nitrogens with one attached hydrogen (secondary N) is 1. The SMILES string of the molecule is CC(Cc1nnc(SCC(=O)Nc2ccc(Cl)cc2[N+](=O)[O-])o1)c1ccccc1. The summed E-state index contributed by atoms with van der Waals surface area (Å²) in [5.74, 6) is 0.231. The van der Waals surface area contributed by atoms with Gasteiger partial charge in [0, 0.05) is 17.5 Å². The zero-order valence-corrected chi connectivity index (χ0v) is 16.9. The van der Waals surface area contributed by atoms with Crippen molar-refractivity contribution in [3.8, 4) is 0 Å². The Bertz CT molecular complexity index is 1010. The van der Waals surface area contributed by atoms with E-state index < -0.39 is 10.8 Å². The standard InChI is InChI=1S/C19H17ClN4O4S/c1-12(13-5-3-2-4-6-13)9-18-22-23-19(28-18)29-11-17(25)21-15-8-7-14(20)10-16(15)24(26)27/h2-8,10,12H,9,11H2,1H3,(H,21,25). The van der Waals surface area contributed by atoms with E-state index >= 15 is 0 Å². The molecular formula is C19H17ClN4O4S. The molecule has 0 saturated carbocycles. The Morgan fingerprint density at radius 1 is 1.28 bits per heavy atom. The van der Waals surface area contributed by atoms with Crippen molar-refractivity contribution in [3.05, 3.63) is 75.1 Å². The van der Waals surface area contributed by atoms with E-state index in [9.17, 15) is 14.9 Å². The number of aromatic nitrogens is 2. The molecule has 0 aliphatic heterocycles. The fourth-order valence-corrected chi connectivity index (χ4v) is 3.36. The summed E-state index contributed by atoms with van der Waals surface area (Å²) in [5, 5.41) is 22.0. The van der Waals surface area contributed by atoms with Gasteiger partial charge >= 0.3 is 0 Å². The molecule has 1 heterocycles. The number of nitrogens with zero attached hydrogens (tertiary/aromatic N) is 3. The van der Waals surface area contributed by atoms with Crippen LogP contribution in [-0.4, -0.2) is 26.8 Å². The molecule has 10 heteroatoms. The van der Waals surface area contributed by atoms with Crippen molar-refractivity contribution in [2.75, 3.05) is 11.1 Å². The summed E-state index contributed by atoms with van der Waals surface area (Å²) in [6.45, 7) is 2.07. The maximum Gasteiger partial charge on any atom is 0.294 e. The first kappa shape index (κ1) is 20.8. The van der Waals surface area contributed by atoms with E-state index in [0.717, 1.165) is 11.8 Å². The van der Waals surface area contributed by atoms with Crippen LogP contribution in [0.25, 0.3) is 0 Å². The zero-order chi connectivity index (χ0) is 20.8. The number of amides is 1. The van der Waals surface area contributed by atoms with Crippen molar-refractivity contribution in [3.63, 3.8) is 0 Å². The quantitative estimate of drug-likeness (QED) is 0.311. The number of rotatable bonds is 8. The van der Waals surface area contributed by atoms with Gasteiger partial charge in [0.1, 0.15) is 5.69 Å². The van der Waals surface area contributed by atoms with Crippen LogP contribution in [0.2, 0.25) is 5.02 Å². The topological polar surface area (TPSA) is 111 Å². The highest BCUT2D eigenvalue weighted by Crippen LogP contribution is 2.28. The smallest absolute Gasteiger partial charge is 0.294 e. The third kappa shape index (κ3) is 5.78. The van der Waals surface area contributed by atoms with Crippen molar-refractivity contribution in [2.24, 2.45) is 0 Å². The Hall–Kier alpha value is -2.91. The molecule has 1 atom stereocenters. The third-order valence-electron chi connectivity index (χ3n) is 4.06. The minimum Gasteiger partial charge on any atom is -0.416 e. The zero-order valence-electron chi connectivity index (χ0n) is 15.4. The molecule has 29 heavy (non-hydrogen) atoms. The second kappa shape index (κ2) is 9.53. The molecule has 0 fully saturated rings. The summed E-state index contributed by atoms with van der Waals surface area (Å²) in [6, 6.07) is 14.0. The van der Waals surface area contributed by atoms with Crippen molar-refractivity contribution >= 4 is 40.6 Å². The molecule has 0 radical (unpaired) electrons. The summed E-state index contributed by atoms with van der Waals surface area (Å²) in [7, 11) is 0. The summed E-state index contributed by atoms with van der Waals surface area (Å²) in [6.07, 6.45) is 0.584. The lowest BCUT2D eigenvalue weighted by atomic mass is 9.98. The largest absolute Gasteiger partial charge is 0.416 e. The lowest BCUT2D eigenvalue weighted by Crippen LogP contribution is -2.15. The molecule has 1 aromatic heterocycles.